The van der Waals surface area contributed by atoms with Gasteiger partial charge in [-0.25, -0.2) is 8.37 Å². The molecular weight excluding hydrogens is 492 g/mol. The number of ketones is 2. The lowest BCUT2D eigenvalue weighted by atomic mass is 9.44. The van der Waals surface area contributed by atoms with Gasteiger partial charge in [-0.2, -0.15) is 16.8 Å². The average Bonchev–Trinajstić information content (AvgIpc) is 2.96. The van der Waals surface area contributed by atoms with E-state index in [1.165, 1.54) is 0 Å². The molecule has 0 heterocycles. The highest BCUT2D eigenvalue weighted by Crippen LogP contribution is 2.67. The van der Waals surface area contributed by atoms with E-state index in [0.29, 0.717) is 32.1 Å². The zero-order valence-electron chi connectivity index (χ0n) is 19.2. The zero-order chi connectivity index (χ0) is 25.3. The summed E-state index contributed by atoms with van der Waals surface area (Å²) in [7, 11) is -9.42. The SMILES string of the molecule is C[C@]12CC[C@@H](OS(=O)(=O)O)C[C@H]1CC[C@@H]1[C@@H]2C(=O)C[C@@]2(C)[C@H]1CC[C@]2(O)C(=O)COS(=O)(=O)O. The van der Waals surface area contributed by atoms with E-state index in [0.717, 1.165) is 6.42 Å². The molecule has 194 valence electrons. The molecule has 13 heteroatoms. The predicted molar refractivity (Wildman–Crippen MR) is 116 cm³/mol. The highest BCUT2D eigenvalue weighted by atomic mass is 32.3. The Morgan fingerprint density at radius 1 is 1.03 bits per heavy atom. The van der Waals surface area contributed by atoms with E-state index in [1.807, 2.05) is 6.92 Å². The van der Waals surface area contributed by atoms with Crippen LogP contribution in [-0.4, -0.2) is 60.9 Å². The first-order chi connectivity index (χ1) is 15.5. The number of hydrogen-bond donors (Lipinski definition) is 3. The summed E-state index contributed by atoms with van der Waals surface area (Å²) in [6.45, 7) is 2.75. The Morgan fingerprint density at radius 3 is 2.32 bits per heavy atom. The van der Waals surface area contributed by atoms with Gasteiger partial charge in [0.25, 0.3) is 0 Å². The summed E-state index contributed by atoms with van der Waals surface area (Å²) in [5, 5.41) is 11.4. The minimum atomic E-state index is -4.85. The highest BCUT2D eigenvalue weighted by molar-refractivity contribution is 7.81. The highest BCUT2D eigenvalue weighted by Gasteiger charge is 2.69. The Labute approximate surface area is 199 Å². The molecule has 0 bridgehead atoms. The fraction of sp³-hybridized carbons (Fsp3) is 0.905. The number of hydrogen-bond acceptors (Lipinski definition) is 9. The Balaban J connectivity index is 1.57. The van der Waals surface area contributed by atoms with E-state index in [4.69, 9.17) is 13.3 Å². The van der Waals surface area contributed by atoms with Crippen molar-refractivity contribution in [2.24, 2.45) is 34.5 Å². The molecule has 8 atom stereocenters. The van der Waals surface area contributed by atoms with E-state index in [1.54, 1.807) is 6.92 Å². The molecule has 11 nitrogen and oxygen atoms in total. The van der Waals surface area contributed by atoms with E-state index < -0.39 is 50.3 Å². The second-order valence-electron chi connectivity index (χ2n) is 11.0. The van der Waals surface area contributed by atoms with Crippen LogP contribution in [0.5, 0.6) is 0 Å². The summed E-state index contributed by atoms with van der Waals surface area (Å²) in [5.74, 6) is -1.41. The molecule has 0 aromatic rings. The minimum absolute atomic E-state index is 0.0348. The first kappa shape index (κ1) is 26.1. The maximum Gasteiger partial charge on any atom is 0.397 e. The quantitative estimate of drug-likeness (QED) is 0.428. The van der Waals surface area contributed by atoms with Crippen LogP contribution in [0.3, 0.4) is 0 Å². The van der Waals surface area contributed by atoms with Gasteiger partial charge in [0.1, 0.15) is 18.0 Å². The van der Waals surface area contributed by atoms with Gasteiger partial charge in [0.15, 0.2) is 5.78 Å². The molecule has 0 spiro atoms. The zero-order valence-corrected chi connectivity index (χ0v) is 20.8. The molecule has 0 aromatic carbocycles. The number of aliphatic hydroxyl groups is 1. The Kier molecular flexibility index (Phi) is 6.36. The topological polar surface area (TPSA) is 182 Å². The van der Waals surface area contributed by atoms with Crippen LogP contribution in [0.1, 0.15) is 65.2 Å². The van der Waals surface area contributed by atoms with Gasteiger partial charge < -0.3 is 5.11 Å². The minimum Gasteiger partial charge on any atom is -0.381 e. The van der Waals surface area contributed by atoms with Gasteiger partial charge in [-0.1, -0.05) is 13.8 Å². The number of carbonyl (C=O) groups excluding carboxylic acids is 2. The molecule has 0 radical (unpaired) electrons. The maximum atomic E-state index is 13.6. The van der Waals surface area contributed by atoms with Crippen LogP contribution < -0.4 is 0 Å². The van der Waals surface area contributed by atoms with Crippen LogP contribution in [0.15, 0.2) is 0 Å². The van der Waals surface area contributed by atoms with Gasteiger partial charge in [-0.3, -0.25) is 18.7 Å². The van der Waals surface area contributed by atoms with E-state index in [-0.39, 0.29) is 47.7 Å². The molecule has 4 aliphatic rings. The lowest BCUT2D eigenvalue weighted by Crippen LogP contribution is -2.62. The van der Waals surface area contributed by atoms with Crippen LogP contribution in [0.2, 0.25) is 0 Å². The predicted octanol–water partition coefficient (Wildman–Crippen LogP) is 1.52. The molecule has 0 unspecified atom stereocenters. The normalized spacial score (nSPS) is 44.7. The monoisotopic (exact) mass is 524 g/mol. The Morgan fingerprint density at radius 2 is 1.71 bits per heavy atom. The van der Waals surface area contributed by atoms with Crippen LogP contribution >= 0.6 is 0 Å². The van der Waals surface area contributed by atoms with Gasteiger partial charge in [-0.05, 0) is 68.1 Å². The van der Waals surface area contributed by atoms with Crippen molar-refractivity contribution in [1.82, 2.24) is 0 Å². The van der Waals surface area contributed by atoms with E-state index >= 15 is 0 Å². The first-order valence-corrected chi connectivity index (χ1v) is 14.3. The van der Waals surface area contributed by atoms with Crippen molar-refractivity contribution in [3.63, 3.8) is 0 Å². The third-order valence-electron chi connectivity index (χ3n) is 9.52. The van der Waals surface area contributed by atoms with Crippen LogP contribution in [0.25, 0.3) is 0 Å². The van der Waals surface area contributed by atoms with Crippen molar-refractivity contribution in [3.05, 3.63) is 0 Å². The summed E-state index contributed by atoms with van der Waals surface area (Å²) in [5.41, 5.74) is -3.42. The van der Waals surface area contributed by atoms with Gasteiger partial charge >= 0.3 is 20.8 Å². The fourth-order valence-corrected chi connectivity index (χ4v) is 8.78. The van der Waals surface area contributed by atoms with Gasteiger partial charge in [0, 0.05) is 17.8 Å². The van der Waals surface area contributed by atoms with E-state index in [9.17, 15) is 31.5 Å². The summed E-state index contributed by atoms with van der Waals surface area (Å²) >= 11 is 0. The molecule has 4 fully saturated rings. The van der Waals surface area contributed by atoms with Crippen molar-refractivity contribution >= 4 is 32.4 Å². The molecule has 0 amide bonds. The number of Topliss-reactive ketones (excluding diaryl/α,β-unsaturated/α-hetero) is 2. The third kappa shape index (κ3) is 4.27. The van der Waals surface area contributed by atoms with Gasteiger partial charge in [-0.15, -0.1) is 0 Å². The molecule has 4 saturated carbocycles. The van der Waals surface area contributed by atoms with Crippen molar-refractivity contribution in [2.45, 2.75) is 76.9 Å². The molecule has 3 N–H and O–H groups in total. The molecular formula is C21H32O11S2. The lowest BCUT2D eigenvalue weighted by molar-refractivity contribution is -0.179. The smallest absolute Gasteiger partial charge is 0.381 e. The molecule has 4 aliphatic carbocycles. The number of fused-ring (bicyclic) bond motifs is 5. The lowest BCUT2D eigenvalue weighted by Gasteiger charge is -2.60. The third-order valence-corrected chi connectivity index (χ3v) is 10.4. The average molecular weight is 525 g/mol. The molecule has 34 heavy (non-hydrogen) atoms. The maximum absolute atomic E-state index is 13.6. The molecule has 0 aliphatic heterocycles. The first-order valence-electron chi connectivity index (χ1n) is 11.6. The van der Waals surface area contributed by atoms with Gasteiger partial charge in [0.2, 0.25) is 0 Å². The van der Waals surface area contributed by atoms with Gasteiger partial charge in [0.05, 0.1) is 6.10 Å². The molecule has 0 aromatic heterocycles. The Bertz CT molecular complexity index is 1090. The standard InChI is InChI=1S/C21H32O11S2/c1-19-7-5-13(32-34(28,29)30)9-12(19)3-4-14-15-6-8-21(24,17(23)11-31-33(25,26)27)20(15,2)10-16(22)18(14)19/h12-15,18,24H,3-11H2,1-2H3,(H,25,26,27)(H,28,29,30)/t12-,13-,14+,15+,18-,19+,20+,21+/m1/s1. The van der Waals surface area contributed by atoms with E-state index in [2.05, 4.69) is 4.18 Å². The number of rotatable bonds is 6. The summed E-state index contributed by atoms with van der Waals surface area (Å²) in [6.07, 6.45) is 2.65. The van der Waals surface area contributed by atoms with Crippen LogP contribution in [0, 0.1) is 34.5 Å². The van der Waals surface area contributed by atoms with Crippen molar-refractivity contribution in [3.8, 4) is 0 Å². The van der Waals surface area contributed by atoms with Crippen molar-refractivity contribution in [2.75, 3.05) is 6.61 Å². The molecule has 0 saturated heterocycles. The fourth-order valence-electron chi connectivity index (χ4n) is 8.00. The van der Waals surface area contributed by atoms with Crippen molar-refractivity contribution in [1.29, 1.82) is 0 Å². The summed E-state index contributed by atoms with van der Waals surface area (Å²) in [6, 6.07) is 0. The number of carbonyl (C=O) groups is 2. The second-order valence-corrected chi connectivity index (χ2v) is 13.2. The largest absolute Gasteiger partial charge is 0.397 e. The Hall–Kier alpha value is -0.960. The van der Waals surface area contributed by atoms with Crippen LogP contribution in [0.4, 0.5) is 0 Å². The molecule has 4 rings (SSSR count). The van der Waals surface area contributed by atoms with Crippen molar-refractivity contribution < 1.29 is 49.0 Å². The summed E-state index contributed by atoms with van der Waals surface area (Å²) < 4.78 is 71.1. The summed E-state index contributed by atoms with van der Waals surface area (Å²) in [4.78, 5) is 26.5. The second kappa shape index (κ2) is 8.29. The van der Waals surface area contributed by atoms with Crippen LogP contribution in [-0.2, 0) is 38.8 Å².